The third-order valence-corrected chi connectivity index (χ3v) is 5.85. The number of methoxy groups -OCH3 is 1. The van der Waals surface area contributed by atoms with Crippen molar-refractivity contribution in [2.45, 2.75) is 24.7 Å². The van der Waals surface area contributed by atoms with Gasteiger partial charge in [0.1, 0.15) is 22.4 Å². The minimum Gasteiger partial charge on any atom is -0.497 e. The van der Waals surface area contributed by atoms with Crippen LogP contribution in [0.4, 0.5) is 29.1 Å². The van der Waals surface area contributed by atoms with Gasteiger partial charge in [-0.15, -0.1) is 0 Å². The van der Waals surface area contributed by atoms with Crippen molar-refractivity contribution in [1.29, 1.82) is 0 Å². The van der Waals surface area contributed by atoms with Crippen LogP contribution in [-0.2, 0) is 0 Å². The van der Waals surface area contributed by atoms with Gasteiger partial charge in [-0.1, -0.05) is 35.3 Å². The molecule has 4 rings (SSSR count). The molecule has 2 atom stereocenters. The number of nitrogens with zero attached hydrogens (tertiary/aromatic N) is 2. The van der Waals surface area contributed by atoms with Gasteiger partial charge in [0.15, 0.2) is 11.7 Å². The Balaban J connectivity index is 1.68. The molecular formula is C21H16Cl2F4N4O2. The second-order valence-electron chi connectivity index (χ2n) is 7.30. The van der Waals surface area contributed by atoms with Crippen molar-refractivity contribution in [3.05, 3.63) is 69.6 Å². The second-order valence-corrected chi connectivity index (χ2v) is 8.09. The van der Waals surface area contributed by atoms with Crippen LogP contribution in [-0.4, -0.2) is 29.0 Å². The lowest BCUT2D eigenvalue weighted by atomic mass is 9.97. The van der Waals surface area contributed by atoms with Crippen LogP contribution in [0.2, 0.25) is 10.0 Å². The number of alkyl halides is 3. The number of fused-ring (bicyclic) bond motifs is 1. The molecule has 0 bridgehead atoms. The summed E-state index contributed by atoms with van der Waals surface area (Å²) in [6.45, 7) is 0. The average Bonchev–Trinajstić information content (AvgIpc) is 3.11. The summed E-state index contributed by atoms with van der Waals surface area (Å²) < 4.78 is 60.8. The Bertz CT molecular complexity index is 1200. The predicted octanol–water partition coefficient (Wildman–Crippen LogP) is 6.25. The maximum atomic E-state index is 13.9. The van der Waals surface area contributed by atoms with Crippen LogP contribution in [0.3, 0.4) is 0 Å². The van der Waals surface area contributed by atoms with E-state index < -0.39 is 35.7 Å². The van der Waals surface area contributed by atoms with Crippen LogP contribution in [0.1, 0.15) is 34.6 Å². The summed E-state index contributed by atoms with van der Waals surface area (Å²) in [5.41, 5.74) is 0.301. The van der Waals surface area contributed by atoms with Crippen molar-refractivity contribution in [1.82, 2.24) is 9.78 Å². The molecule has 0 saturated carbocycles. The number of ether oxygens (including phenoxy) is 1. The smallest absolute Gasteiger partial charge is 0.410 e. The van der Waals surface area contributed by atoms with Crippen molar-refractivity contribution in [3.8, 4) is 5.75 Å². The van der Waals surface area contributed by atoms with Gasteiger partial charge in [0.05, 0.1) is 18.2 Å². The number of amides is 1. The van der Waals surface area contributed by atoms with E-state index in [0.29, 0.717) is 16.0 Å². The van der Waals surface area contributed by atoms with Crippen molar-refractivity contribution < 1.29 is 27.1 Å². The molecule has 2 aromatic carbocycles. The highest BCUT2D eigenvalue weighted by Gasteiger charge is 2.47. The van der Waals surface area contributed by atoms with Gasteiger partial charge in [-0.2, -0.15) is 18.3 Å². The van der Waals surface area contributed by atoms with E-state index >= 15 is 0 Å². The molecular weight excluding hydrogens is 487 g/mol. The maximum Gasteiger partial charge on any atom is 0.410 e. The number of rotatable bonds is 4. The number of hydrogen-bond donors (Lipinski definition) is 2. The van der Waals surface area contributed by atoms with Gasteiger partial charge in [-0.05, 0) is 35.9 Å². The van der Waals surface area contributed by atoms with Gasteiger partial charge in [-0.3, -0.25) is 4.79 Å². The lowest BCUT2D eigenvalue weighted by Crippen LogP contribution is -2.35. The number of hydrogen-bond acceptors (Lipinski definition) is 4. The van der Waals surface area contributed by atoms with Gasteiger partial charge in [-0.25, -0.2) is 9.07 Å². The van der Waals surface area contributed by atoms with Gasteiger partial charge < -0.3 is 15.4 Å². The van der Waals surface area contributed by atoms with Crippen LogP contribution in [0.5, 0.6) is 5.75 Å². The van der Waals surface area contributed by atoms with Gasteiger partial charge in [0.2, 0.25) is 0 Å². The number of carbonyl (C=O) groups is 1. The van der Waals surface area contributed by atoms with E-state index in [1.165, 1.54) is 13.2 Å². The summed E-state index contributed by atoms with van der Waals surface area (Å²) in [7, 11) is 1.48. The molecule has 2 heterocycles. The van der Waals surface area contributed by atoms with Crippen LogP contribution in [0, 0.1) is 5.82 Å². The molecule has 33 heavy (non-hydrogen) atoms. The topological polar surface area (TPSA) is 68.2 Å². The quantitative estimate of drug-likeness (QED) is 0.413. The molecule has 0 saturated heterocycles. The van der Waals surface area contributed by atoms with Crippen molar-refractivity contribution in [3.63, 3.8) is 0 Å². The summed E-state index contributed by atoms with van der Waals surface area (Å²) in [6, 6.07) is 7.27. The first-order valence-electron chi connectivity index (χ1n) is 9.60. The number of benzene rings is 2. The highest BCUT2D eigenvalue weighted by molar-refractivity contribution is 6.36. The molecule has 0 aliphatic carbocycles. The number of halogens is 6. The Kier molecular flexibility index (Phi) is 6.15. The lowest BCUT2D eigenvalue weighted by Gasteiger charge is -2.33. The first-order valence-corrected chi connectivity index (χ1v) is 10.4. The number of anilines is 2. The van der Waals surface area contributed by atoms with E-state index in [1.54, 1.807) is 24.3 Å². The van der Waals surface area contributed by atoms with Crippen LogP contribution < -0.4 is 15.4 Å². The molecule has 1 aliphatic rings. The van der Waals surface area contributed by atoms with E-state index in [4.69, 9.17) is 27.9 Å². The summed E-state index contributed by atoms with van der Waals surface area (Å²) in [4.78, 5) is 12.7. The highest BCUT2D eigenvalue weighted by atomic mass is 35.5. The summed E-state index contributed by atoms with van der Waals surface area (Å²) >= 11 is 12.0. The molecule has 2 unspecified atom stereocenters. The monoisotopic (exact) mass is 502 g/mol. The predicted molar refractivity (Wildman–Crippen MR) is 116 cm³/mol. The number of carbonyl (C=O) groups excluding carboxylic acids is 1. The number of nitrogens with one attached hydrogen (secondary N) is 2. The van der Waals surface area contributed by atoms with E-state index in [1.807, 2.05) is 0 Å². The molecule has 0 spiro atoms. The Morgan fingerprint density at radius 1 is 1.21 bits per heavy atom. The zero-order valence-electron chi connectivity index (χ0n) is 16.9. The third kappa shape index (κ3) is 4.58. The molecule has 2 N–H and O–H groups in total. The van der Waals surface area contributed by atoms with Crippen molar-refractivity contribution in [2.24, 2.45) is 0 Å². The largest absolute Gasteiger partial charge is 0.497 e. The molecule has 1 amide bonds. The van der Waals surface area contributed by atoms with Crippen molar-refractivity contribution in [2.75, 3.05) is 17.7 Å². The van der Waals surface area contributed by atoms with Crippen LogP contribution in [0.25, 0.3) is 0 Å². The average molecular weight is 503 g/mol. The summed E-state index contributed by atoms with van der Waals surface area (Å²) in [5, 5.41) is 8.72. The highest BCUT2D eigenvalue weighted by Crippen LogP contribution is 2.46. The fourth-order valence-electron chi connectivity index (χ4n) is 3.55. The summed E-state index contributed by atoms with van der Waals surface area (Å²) in [6.07, 6.45) is -5.01. The zero-order chi connectivity index (χ0) is 23.9. The SMILES string of the molecule is COc1ccc(C2CC(C(F)(F)F)n3nc(C(=O)Nc4ccc(F)c(Cl)c4)c(Cl)c3N2)cc1. The second kappa shape index (κ2) is 8.75. The standard InChI is InChI=1S/C21H16Cl2F4N4O2/c1-33-12-5-2-10(3-6-12)15-9-16(21(25,26)27)31-19(29-15)17(23)18(30-31)20(32)28-11-4-7-14(24)13(22)8-11/h2-8,15-16,29H,9H2,1H3,(H,28,32). The maximum absolute atomic E-state index is 13.9. The fraction of sp³-hybridized carbons (Fsp3) is 0.238. The first kappa shape index (κ1) is 23.2. The molecule has 3 aromatic rings. The van der Waals surface area contributed by atoms with Gasteiger partial charge >= 0.3 is 6.18 Å². The summed E-state index contributed by atoms with van der Waals surface area (Å²) in [5.74, 6) is -1.13. The normalized spacial score (nSPS) is 17.8. The fourth-order valence-corrected chi connectivity index (χ4v) is 4.00. The Hall–Kier alpha value is -2.98. The Morgan fingerprint density at radius 2 is 1.91 bits per heavy atom. The van der Waals surface area contributed by atoms with Gasteiger partial charge in [0, 0.05) is 12.1 Å². The molecule has 1 aliphatic heterocycles. The van der Waals surface area contributed by atoms with Crippen LogP contribution in [0.15, 0.2) is 42.5 Å². The van der Waals surface area contributed by atoms with E-state index in [0.717, 1.165) is 12.1 Å². The van der Waals surface area contributed by atoms with Crippen molar-refractivity contribution >= 4 is 40.6 Å². The van der Waals surface area contributed by atoms with E-state index in [9.17, 15) is 22.4 Å². The third-order valence-electron chi connectivity index (χ3n) is 5.21. The molecule has 1 aromatic heterocycles. The van der Waals surface area contributed by atoms with Crippen LogP contribution >= 0.6 is 23.2 Å². The zero-order valence-corrected chi connectivity index (χ0v) is 18.4. The molecule has 174 valence electrons. The van der Waals surface area contributed by atoms with Gasteiger partial charge in [0.25, 0.3) is 5.91 Å². The Morgan fingerprint density at radius 3 is 2.52 bits per heavy atom. The minimum atomic E-state index is -4.64. The molecule has 0 fully saturated rings. The Labute approximate surface area is 195 Å². The van der Waals surface area contributed by atoms with E-state index in [-0.39, 0.29) is 28.0 Å². The number of aromatic nitrogens is 2. The lowest BCUT2D eigenvalue weighted by molar-refractivity contribution is -0.173. The van der Waals surface area contributed by atoms with E-state index in [2.05, 4.69) is 15.7 Å². The molecule has 6 nitrogen and oxygen atoms in total. The minimum absolute atomic E-state index is 0.130. The molecule has 0 radical (unpaired) electrons. The first-order chi connectivity index (χ1) is 15.6. The molecule has 12 heteroatoms.